The van der Waals surface area contributed by atoms with Gasteiger partial charge in [-0.1, -0.05) is 35.5 Å². The molecule has 0 spiro atoms. The summed E-state index contributed by atoms with van der Waals surface area (Å²) in [5.41, 5.74) is 2.94. The van der Waals surface area contributed by atoms with Crippen LogP contribution < -0.4 is 15.2 Å². The van der Waals surface area contributed by atoms with E-state index < -0.39 is 0 Å². The minimum absolute atomic E-state index is 0.0605. The average Bonchev–Trinajstić information content (AvgIpc) is 2.94. The maximum absolute atomic E-state index is 13.8. The summed E-state index contributed by atoms with van der Waals surface area (Å²) >= 11 is 7.22. The fraction of sp³-hybridized carbons (Fsp3) is 0.250. The molecule has 190 valence electrons. The number of fused-ring (bicyclic) bond motifs is 1. The van der Waals surface area contributed by atoms with Crippen LogP contribution in [-0.2, 0) is 11.3 Å². The van der Waals surface area contributed by atoms with Gasteiger partial charge in [-0.3, -0.25) is 14.2 Å². The molecular formula is C28H26ClN3O4S. The van der Waals surface area contributed by atoms with Crippen LogP contribution in [0.15, 0.2) is 76.7 Å². The zero-order valence-electron chi connectivity index (χ0n) is 20.4. The number of ether oxygens (including phenoxy) is 2. The van der Waals surface area contributed by atoms with Gasteiger partial charge in [-0.15, -0.1) is 0 Å². The van der Waals surface area contributed by atoms with Crippen molar-refractivity contribution in [3.63, 3.8) is 0 Å². The van der Waals surface area contributed by atoms with E-state index in [2.05, 4.69) is 4.90 Å². The molecule has 0 aliphatic carbocycles. The summed E-state index contributed by atoms with van der Waals surface area (Å²) in [5.74, 6) is 0.828. The van der Waals surface area contributed by atoms with Crippen LogP contribution in [0.2, 0.25) is 5.02 Å². The first-order valence-corrected chi connectivity index (χ1v) is 13.3. The van der Waals surface area contributed by atoms with Crippen molar-refractivity contribution in [1.29, 1.82) is 0 Å². The van der Waals surface area contributed by atoms with Crippen molar-refractivity contribution >= 4 is 45.7 Å². The van der Waals surface area contributed by atoms with Gasteiger partial charge in [0.1, 0.15) is 5.75 Å². The lowest BCUT2D eigenvalue weighted by Crippen LogP contribution is -2.36. The van der Waals surface area contributed by atoms with E-state index in [0.717, 1.165) is 30.1 Å². The number of carbonyl (C=O) groups is 1. The summed E-state index contributed by atoms with van der Waals surface area (Å²) in [7, 11) is 1.62. The van der Waals surface area contributed by atoms with Gasteiger partial charge in [-0.2, -0.15) is 0 Å². The molecule has 3 aromatic carbocycles. The Morgan fingerprint density at radius 2 is 1.78 bits per heavy atom. The third kappa shape index (κ3) is 5.82. The lowest BCUT2D eigenvalue weighted by molar-refractivity contribution is 0.102. The number of rotatable bonds is 8. The quantitative estimate of drug-likeness (QED) is 0.180. The third-order valence-electron chi connectivity index (χ3n) is 6.28. The number of hydrogen-bond acceptors (Lipinski definition) is 7. The number of hydrogen-bond donors (Lipinski definition) is 0. The van der Waals surface area contributed by atoms with Crippen LogP contribution in [0, 0.1) is 0 Å². The van der Waals surface area contributed by atoms with Gasteiger partial charge in [0.2, 0.25) is 0 Å². The Kier molecular flexibility index (Phi) is 7.79. The average molecular weight is 536 g/mol. The third-order valence-corrected chi connectivity index (χ3v) is 7.51. The fourth-order valence-electron chi connectivity index (χ4n) is 4.22. The molecule has 0 bridgehead atoms. The minimum atomic E-state index is -0.141. The highest BCUT2D eigenvalue weighted by atomic mass is 35.5. The molecule has 0 atom stereocenters. The molecule has 0 radical (unpaired) electrons. The number of benzene rings is 3. The van der Waals surface area contributed by atoms with E-state index in [1.54, 1.807) is 35.9 Å². The molecule has 2 heterocycles. The predicted molar refractivity (Wildman–Crippen MR) is 148 cm³/mol. The SMILES string of the molecule is COc1ccc(Cn2c(SCC(=O)c3ccc(Cl)cc3)nc3ccc(N4CCOCC4)cc3c2=O)cc1. The molecule has 7 nitrogen and oxygen atoms in total. The van der Waals surface area contributed by atoms with E-state index in [0.29, 0.717) is 46.4 Å². The Labute approximate surface area is 224 Å². The molecule has 37 heavy (non-hydrogen) atoms. The lowest BCUT2D eigenvalue weighted by atomic mass is 10.1. The topological polar surface area (TPSA) is 73.7 Å². The van der Waals surface area contributed by atoms with Crippen molar-refractivity contribution < 1.29 is 14.3 Å². The maximum Gasteiger partial charge on any atom is 0.262 e. The number of aromatic nitrogens is 2. The van der Waals surface area contributed by atoms with E-state index in [1.807, 2.05) is 42.5 Å². The van der Waals surface area contributed by atoms with E-state index in [1.165, 1.54) is 11.8 Å². The second-order valence-electron chi connectivity index (χ2n) is 8.65. The standard InChI is InChI=1S/C28H26ClN3O4S/c1-35-23-9-2-19(3-10-23)17-32-27(34)24-16-22(31-12-14-36-15-13-31)8-11-25(24)30-28(32)37-18-26(33)20-4-6-21(29)7-5-20/h2-11,16H,12-15,17-18H2,1H3. The van der Waals surface area contributed by atoms with Crippen LogP contribution in [0.25, 0.3) is 10.9 Å². The summed E-state index contributed by atoms with van der Waals surface area (Å²) in [4.78, 5) is 33.7. The molecule has 4 aromatic rings. The Balaban J connectivity index is 1.50. The normalized spacial score (nSPS) is 13.6. The second kappa shape index (κ2) is 11.4. The first-order chi connectivity index (χ1) is 18.0. The number of halogens is 1. The Bertz CT molecular complexity index is 1470. The minimum Gasteiger partial charge on any atom is -0.497 e. The first-order valence-electron chi connectivity index (χ1n) is 11.9. The Hall–Kier alpha value is -3.33. The largest absolute Gasteiger partial charge is 0.497 e. The summed E-state index contributed by atoms with van der Waals surface area (Å²) in [5, 5.41) is 1.62. The molecule has 0 unspecified atom stereocenters. The number of thioether (sulfide) groups is 1. The van der Waals surface area contributed by atoms with Crippen LogP contribution in [0.1, 0.15) is 15.9 Å². The van der Waals surface area contributed by atoms with Gasteiger partial charge in [0, 0.05) is 29.4 Å². The number of morpholine rings is 1. The molecular weight excluding hydrogens is 510 g/mol. The number of methoxy groups -OCH3 is 1. The van der Waals surface area contributed by atoms with E-state index >= 15 is 0 Å². The van der Waals surface area contributed by atoms with Crippen molar-refractivity contribution in [2.24, 2.45) is 0 Å². The highest BCUT2D eigenvalue weighted by Crippen LogP contribution is 2.25. The van der Waals surface area contributed by atoms with Gasteiger partial charge < -0.3 is 14.4 Å². The van der Waals surface area contributed by atoms with Gasteiger partial charge >= 0.3 is 0 Å². The highest BCUT2D eigenvalue weighted by molar-refractivity contribution is 7.99. The summed E-state index contributed by atoms with van der Waals surface area (Å²) in [6.07, 6.45) is 0. The zero-order chi connectivity index (χ0) is 25.8. The van der Waals surface area contributed by atoms with E-state index in [9.17, 15) is 9.59 Å². The molecule has 1 fully saturated rings. The molecule has 0 saturated carbocycles. The van der Waals surface area contributed by atoms with Gasteiger partial charge in [-0.25, -0.2) is 4.98 Å². The Morgan fingerprint density at radius 3 is 2.49 bits per heavy atom. The molecule has 1 aromatic heterocycles. The van der Waals surface area contributed by atoms with Crippen molar-refractivity contribution in [2.75, 3.05) is 44.1 Å². The lowest BCUT2D eigenvalue weighted by Gasteiger charge is -2.29. The zero-order valence-corrected chi connectivity index (χ0v) is 21.9. The predicted octanol–water partition coefficient (Wildman–Crippen LogP) is 4.92. The molecule has 1 aliphatic heterocycles. The number of ketones is 1. The number of carbonyl (C=O) groups excluding carboxylic acids is 1. The van der Waals surface area contributed by atoms with Crippen LogP contribution in [0.5, 0.6) is 5.75 Å². The summed E-state index contributed by atoms with van der Waals surface area (Å²) in [6, 6.07) is 20.1. The molecule has 9 heteroatoms. The van der Waals surface area contributed by atoms with Crippen molar-refractivity contribution in [1.82, 2.24) is 9.55 Å². The van der Waals surface area contributed by atoms with E-state index in [-0.39, 0.29) is 17.1 Å². The number of anilines is 1. The van der Waals surface area contributed by atoms with Crippen LogP contribution in [0.4, 0.5) is 5.69 Å². The first kappa shape index (κ1) is 25.3. The maximum atomic E-state index is 13.8. The summed E-state index contributed by atoms with van der Waals surface area (Å²) in [6.45, 7) is 3.20. The molecule has 1 aliphatic rings. The Morgan fingerprint density at radius 1 is 1.05 bits per heavy atom. The monoisotopic (exact) mass is 535 g/mol. The second-order valence-corrected chi connectivity index (χ2v) is 10.0. The van der Waals surface area contributed by atoms with Gasteiger partial charge in [0.05, 0.1) is 43.5 Å². The fourth-order valence-corrected chi connectivity index (χ4v) is 5.24. The van der Waals surface area contributed by atoms with Crippen LogP contribution >= 0.6 is 23.4 Å². The van der Waals surface area contributed by atoms with Gasteiger partial charge in [-0.05, 0) is 60.2 Å². The van der Waals surface area contributed by atoms with Crippen LogP contribution in [0.3, 0.4) is 0 Å². The number of Topliss-reactive ketones (excluding diaryl/α,β-unsaturated/α-hetero) is 1. The van der Waals surface area contributed by atoms with E-state index in [4.69, 9.17) is 26.1 Å². The van der Waals surface area contributed by atoms with Crippen molar-refractivity contribution in [3.05, 3.63) is 93.2 Å². The number of nitrogens with zero attached hydrogens (tertiary/aromatic N) is 3. The highest BCUT2D eigenvalue weighted by Gasteiger charge is 2.17. The molecule has 1 saturated heterocycles. The molecule has 0 amide bonds. The smallest absolute Gasteiger partial charge is 0.262 e. The van der Waals surface area contributed by atoms with Gasteiger partial charge in [0.25, 0.3) is 5.56 Å². The van der Waals surface area contributed by atoms with Crippen molar-refractivity contribution in [3.8, 4) is 5.75 Å². The van der Waals surface area contributed by atoms with Crippen LogP contribution in [-0.4, -0.2) is 54.5 Å². The summed E-state index contributed by atoms with van der Waals surface area (Å²) < 4.78 is 12.4. The van der Waals surface area contributed by atoms with Crippen molar-refractivity contribution in [2.45, 2.75) is 11.7 Å². The molecule has 0 N–H and O–H groups in total. The molecule has 5 rings (SSSR count). The van der Waals surface area contributed by atoms with Gasteiger partial charge in [0.15, 0.2) is 10.9 Å².